The lowest BCUT2D eigenvalue weighted by Gasteiger charge is -1.93. The highest BCUT2D eigenvalue weighted by Crippen LogP contribution is 2.11. The molecule has 84 valence electrons. The molecule has 0 aliphatic carbocycles. The minimum atomic E-state index is -0.431. The Kier molecular flexibility index (Phi) is 3.20. The van der Waals surface area contributed by atoms with Crippen LogP contribution in [-0.2, 0) is 0 Å². The fourth-order valence-electron chi connectivity index (χ4n) is 1.25. The van der Waals surface area contributed by atoms with Crippen molar-refractivity contribution in [2.45, 2.75) is 0 Å². The number of aromatic nitrogens is 1. The molecule has 0 aliphatic rings. The normalized spacial score (nSPS) is 10.6. The van der Waals surface area contributed by atoms with E-state index in [2.05, 4.69) is 9.98 Å². The Morgan fingerprint density at radius 1 is 1.18 bits per heavy atom. The van der Waals surface area contributed by atoms with Crippen LogP contribution in [0.1, 0.15) is 5.56 Å². The van der Waals surface area contributed by atoms with E-state index in [0.29, 0.717) is 5.82 Å². The summed E-state index contributed by atoms with van der Waals surface area (Å²) < 4.78 is 0. The molecule has 17 heavy (non-hydrogen) atoms. The zero-order valence-electron chi connectivity index (χ0n) is 8.85. The number of nitro benzene ring substituents is 1. The summed E-state index contributed by atoms with van der Waals surface area (Å²) in [5, 5.41) is 10.5. The maximum Gasteiger partial charge on any atom is 0.269 e. The van der Waals surface area contributed by atoms with Crippen LogP contribution in [0.2, 0.25) is 0 Å². The number of rotatable bonds is 3. The van der Waals surface area contributed by atoms with E-state index < -0.39 is 4.92 Å². The number of hydrogen-bond acceptors (Lipinski definition) is 4. The Labute approximate surface area is 97.6 Å². The Bertz CT molecular complexity index is 535. The van der Waals surface area contributed by atoms with Crippen LogP contribution in [0.3, 0.4) is 0 Å². The molecule has 1 aromatic carbocycles. The predicted molar refractivity (Wildman–Crippen MR) is 64.6 cm³/mol. The van der Waals surface area contributed by atoms with E-state index in [1.165, 1.54) is 12.1 Å². The summed E-state index contributed by atoms with van der Waals surface area (Å²) in [5.74, 6) is 0.603. The summed E-state index contributed by atoms with van der Waals surface area (Å²) in [6, 6.07) is 11.6. The molecule has 0 N–H and O–H groups in total. The third-order valence-electron chi connectivity index (χ3n) is 2.10. The van der Waals surface area contributed by atoms with Crippen LogP contribution in [0.15, 0.2) is 53.7 Å². The van der Waals surface area contributed by atoms with Gasteiger partial charge in [-0.3, -0.25) is 10.1 Å². The zero-order chi connectivity index (χ0) is 12.1. The molecule has 0 radical (unpaired) electrons. The molecule has 5 nitrogen and oxygen atoms in total. The summed E-state index contributed by atoms with van der Waals surface area (Å²) in [5.41, 5.74) is 0.862. The molecule has 5 heteroatoms. The molecular weight excluding hydrogens is 218 g/mol. The molecule has 0 spiro atoms. The van der Waals surface area contributed by atoms with Gasteiger partial charge in [-0.2, -0.15) is 0 Å². The van der Waals surface area contributed by atoms with Gasteiger partial charge in [-0.05, 0) is 29.8 Å². The predicted octanol–water partition coefficient (Wildman–Crippen LogP) is 2.74. The Morgan fingerprint density at radius 3 is 2.53 bits per heavy atom. The van der Waals surface area contributed by atoms with Crippen molar-refractivity contribution in [3.8, 4) is 0 Å². The van der Waals surface area contributed by atoms with Gasteiger partial charge in [0.1, 0.15) is 0 Å². The molecule has 0 fully saturated rings. The number of nitro groups is 1. The number of benzene rings is 1. The maximum atomic E-state index is 10.5. The Hall–Kier alpha value is -2.56. The monoisotopic (exact) mass is 227 g/mol. The first-order valence-electron chi connectivity index (χ1n) is 4.95. The van der Waals surface area contributed by atoms with Crippen LogP contribution in [0.25, 0.3) is 0 Å². The number of hydrogen-bond donors (Lipinski definition) is 0. The van der Waals surface area contributed by atoms with Gasteiger partial charge in [0.05, 0.1) is 4.92 Å². The largest absolute Gasteiger partial charge is 0.269 e. The second-order valence-electron chi connectivity index (χ2n) is 3.29. The summed E-state index contributed by atoms with van der Waals surface area (Å²) in [6.07, 6.45) is 3.27. The van der Waals surface area contributed by atoms with E-state index >= 15 is 0 Å². The van der Waals surface area contributed by atoms with Crippen molar-refractivity contribution >= 4 is 17.7 Å². The van der Waals surface area contributed by atoms with Gasteiger partial charge < -0.3 is 0 Å². The molecule has 0 atom stereocenters. The molecule has 0 bridgehead atoms. The molecule has 0 unspecified atom stereocenters. The van der Waals surface area contributed by atoms with Crippen molar-refractivity contribution in [3.63, 3.8) is 0 Å². The van der Waals surface area contributed by atoms with Gasteiger partial charge in [0.2, 0.25) is 0 Å². The van der Waals surface area contributed by atoms with Crippen LogP contribution in [0, 0.1) is 10.1 Å². The van der Waals surface area contributed by atoms with Crippen molar-refractivity contribution in [1.82, 2.24) is 4.98 Å². The number of aliphatic imine (C=N–C) groups is 1. The van der Waals surface area contributed by atoms with E-state index in [-0.39, 0.29) is 5.69 Å². The quantitative estimate of drug-likeness (QED) is 0.460. The molecule has 0 amide bonds. The first kappa shape index (κ1) is 10.9. The van der Waals surface area contributed by atoms with E-state index in [9.17, 15) is 10.1 Å². The number of pyridine rings is 1. The number of non-ortho nitro benzene ring substituents is 1. The van der Waals surface area contributed by atoms with Gasteiger partial charge in [-0.15, -0.1) is 0 Å². The summed E-state index contributed by atoms with van der Waals surface area (Å²) in [7, 11) is 0. The van der Waals surface area contributed by atoms with Crippen LogP contribution < -0.4 is 0 Å². The standard InChI is InChI=1S/C12H9N3O2/c16-15(17)11-6-4-10(5-7-11)9-14-12-3-1-2-8-13-12/h1-9H. The lowest BCUT2D eigenvalue weighted by atomic mass is 10.2. The van der Waals surface area contributed by atoms with Gasteiger partial charge in [0.15, 0.2) is 5.82 Å². The van der Waals surface area contributed by atoms with Gasteiger partial charge >= 0.3 is 0 Å². The fourth-order valence-corrected chi connectivity index (χ4v) is 1.25. The average molecular weight is 227 g/mol. The summed E-state index contributed by atoms with van der Waals surface area (Å²) in [4.78, 5) is 18.2. The van der Waals surface area contributed by atoms with Crippen molar-refractivity contribution in [2.24, 2.45) is 4.99 Å². The first-order valence-corrected chi connectivity index (χ1v) is 4.95. The molecule has 1 aromatic heterocycles. The van der Waals surface area contributed by atoms with Crippen LogP contribution in [-0.4, -0.2) is 16.1 Å². The minimum Gasteiger partial charge on any atom is -0.258 e. The minimum absolute atomic E-state index is 0.0694. The molecular formula is C12H9N3O2. The Morgan fingerprint density at radius 2 is 1.94 bits per heavy atom. The van der Waals surface area contributed by atoms with E-state index in [0.717, 1.165) is 5.56 Å². The third-order valence-corrected chi connectivity index (χ3v) is 2.10. The highest BCUT2D eigenvalue weighted by atomic mass is 16.6. The molecule has 1 heterocycles. The van der Waals surface area contributed by atoms with Crippen LogP contribution in [0.5, 0.6) is 0 Å². The molecule has 0 saturated heterocycles. The average Bonchev–Trinajstić information content (AvgIpc) is 2.38. The smallest absolute Gasteiger partial charge is 0.258 e. The van der Waals surface area contributed by atoms with Gasteiger partial charge in [-0.25, -0.2) is 9.98 Å². The fraction of sp³-hybridized carbons (Fsp3) is 0. The molecule has 0 saturated carbocycles. The van der Waals surface area contributed by atoms with Gasteiger partial charge in [0, 0.05) is 24.5 Å². The Balaban J connectivity index is 2.14. The summed E-state index contributed by atoms with van der Waals surface area (Å²) in [6.45, 7) is 0. The van der Waals surface area contributed by atoms with Crippen molar-refractivity contribution in [2.75, 3.05) is 0 Å². The van der Waals surface area contributed by atoms with Crippen molar-refractivity contribution in [3.05, 3.63) is 64.3 Å². The summed E-state index contributed by atoms with van der Waals surface area (Å²) >= 11 is 0. The second kappa shape index (κ2) is 4.98. The highest BCUT2D eigenvalue weighted by molar-refractivity contribution is 5.81. The van der Waals surface area contributed by atoms with E-state index in [4.69, 9.17) is 0 Å². The van der Waals surface area contributed by atoms with Gasteiger partial charge in [0.25, 0.3) is 5.69 Å². The maximum absolute atomic E-state index is 10.5. The van der Waals surface area contributed by atoms with Gasteiger partial charge in [-0.1, -0.05) is 6.07 Å². The van der Waals surface area contributed by atoms with E-state index in [1.54, 1.807) is 30.6 Å². The lowest BCUT2D eigenvalue weighted by Crippen LogP contribution is -1.88. The van der Waals surface area contributed by atoms with E-state index in [1.807, 2.05) is 12.1 Å². The first-order chi connectivity index (χ1) is 8.25. The zero-order valence-corrected chi connectivity index (χ0v) is 8.85. The molecule has 2 rings (SSSR count). The van der Waals surface area contributed by atoms with Crippen molar-refractivity contribution < 1.29 is 4.92 Å². The highest BCUT2D eigenvalue weighted by Gasteiger charge is 2.02. The second-order valence-corrected chi connectivity index (χ2v) is 3.29. The third kappa shape index (κ3) is 2.94. The molecule has 2 aromatic rings. The van der Waals surface area contributed by atoms with Crippen molar-refractivity contribution in [1.29, 1.82) is 0 Å². The molecule has 0 aliphatic heterocycles. The lowest BCUT2D eigenvalue weighted by molar-refractivity contribution is -0.384. The topological polar surface area (TPSA) is 68.4 Å². The SMILES string of the molecule is O=[N+]([O-])c1ccc(C=Nc2ccccn2)cc1. The van der Waals surface area contributed by atoms with Crippen LogP contribution >= 0.6 is 0 Å². The van der Waals surface area contributed by atoms with Crippen LogP contribution in [0.4, 0.5) is 11.5 Å². The number of nitrogens with zero attached hydrogens (tertiary/aromatic N) is 3.